The Morgan fingerprint density at radius 2 is 1.91 bits per heavy atom. The van der Waals surface area contributed by atoms with Gasteiger partial charge < -0.3 is 28.7 Å². The predicted molar refractivity (Wildman–Crippen MR) is 120 cm³/mol. The first kappa shape index (κ1) is 26.2. The number of alkyl carbamates (subject to hydrolysis) is 1. The number of amides is 1. The number of hydrogen-bond acceptors (Lipinski definition) is 8. The lowest BCUT2D eigenvalue weighted by Crippen LogP contribution is -2.34. The lowest BCUT2D eigenvalue weighted by atomic mass is 10.1. The number of esters is 1. The van der Waals surface area contributed by atoms with E-state index in [9.17, 15) is 18.4 Å². The van der Waals surface area contributed by atoms with Crippen molar-refractivity contribution in [2.75, 3.05) is 13.2 Å². The number of oxazole rings is 1. The van der Waals surface area contributed by atoms with E-state index in [0.29, 0.717) is 11.5 Å². The van der Waals surface area contributed by atoms with Crippen molar-refractivity contribution in [3.63, 3.8) is 0 Å². The minimum Gasteiger partial charge on any atom is -0.486 e. The zero-order chi connectivity index (χ0) is 25.8. The number of rotatable bonds is 10. The molecule has 3 rings (SSSR count). The molecule has 1 saturated carbocycles. The molecular formula is C24H30F2N2O7. The highest BCUT2D eigenvalue weighted by Gasteiger charge is 2.29. The second kappa shape index (κ2) is 10.9. The number of alkyl halides is 2. The molecular weight excluding hydrogens is 466 g/mol. The monoisotopic (exact) mass is 496 g/mol. The summed E-state index contributed by atoms with van der Waals surface area (Å²) in [5.41, 5.74) is -0.441. The Morgan fingerprint density at radius 3 is 2.49 bits per heavy atom. The first-order valence-corrected chi connectivity index (χ1v) is 11.3. The van der Waals surface area contributed by atoms with Crippen LogP contribution in [0.3, 0.4) is 0 Å². The van der Waals surface area contributed by atoms with E-state index in [-0.39, 0.29) is 35.4 Å². The summed E-state index contributed by atoms with van der Waals surface area (Å²) in [6.45, 7) is 7.74. The average Bonchev–Trinajstić information content (AvgIpc) is 3.47. The molecule has 1 heterocycles. The normalized spacial score (nSPS) is 14.4. The maximum Gasteiger partial charge on any atom is 0.408 e. The van der Waals surface area contributed by atoms with Gasteiger partial charge in [-0.05, 0) is 58.6 Å². The largest absolute Gasteiger partial charge is 0.486 e. The molecule has 1 aromatic heterocycles. The number of aryl methyl sites for hydroxylation is 1. The Bertz CT molecular complexity index is 1040. The van der Waals surface area contributed by atoms with Crippen molar-refractivity contribution < 1.29 is 41.7 Å². The number of nitrogens with zero attached hydrogens (tertiary/aromatic N) is 1. The summed E-state index contributed by atoms with van der Waals surface area (Å²) in [4.78, 5) is 28.8. The Hall–Kier alpha value is -3.37. The van der Waals surface area contributed by atoms with Crippen LogP contribution in [0.2, 0.25) is 0 Å². The smallest absolute Gasteiger partial charge is 0.408 e. The molecule has 1 aliphatic rings. The van der Waals surface area contributed by atoms with Crippen LogP contribution in [0.15, 0.2) is 22.8 Å². The Balaban J connectivity index is 1.94. The topological polar surface area (TPSA) is 109 Å². The Labute approximate surface area is 202 Å². The first-order chi connectivity index (χ1) is 16.4. The highest BCUT2D eigenvalue weighted by molar-refractivity contribution is 5.89. The summed E-state index contributed by atoms with van der Waals surface area (Å²) in [5, 5.41) is 2.66. The summed E-state index contributed by atoms with van der Waals surface area (Å²) in [6.07, 6.45) is -0.370. The van der Waals surface area contributed by atoms with Gasteiger partial charge in [0.1, 0.15) is 18.5 Å². The van der Waals surface area contributed by atoms with E-state index in [1.807, 2.05) is 0 Å². The van der Waals surface area contributed by atoms with Crippen LogP contribution in [0.4, 0.5) is 13.6 Å². The molecule has 2 aromatic rings. The summed E-state index contributed by atoms with van der Waals surface area (Å²) < 4.78 is 53.3. The molecule has 0 bridgehead atoms. The standard InChI is InChI=1S/C24H30F2N2O7/c1-13(27-23(30)35-24(3,4)5)16-8-9-18(34-22(29)17-11-31-14(2)28-17)21(32-10-15-6-7-15)20(16)33-12-19(25)26/h8-9,11,13,15,19H,6-7,10,12H2,1-5H3,(H,27,30)/t13-/m0/s1. The lowest BCUT2D eigenvalue weighted by Gasteiger charge is -2.24. The molecule has 0 aliphatic heterocycles. The van der Waals surface area contributed by atoms with Crippen molar-refractivity contribution >= 4 is 12.1 Å². The fourth-order valence-electron chi connectivity index (χ4n) is 3.07. The first-order valence-electron chi connectivity index (χ1n) is 11.3. The van der Waals surface area contributed by atoms with Crippen LogP contribution in [0.1, 0.15) is 68.5 Å². The van der Waals surface area contributed by atoms with Crippen LogP contribution in [-0.4, -0.2) is 42.3 Å². The number of hydrogen-bond donors (Lipinski definition) is 1. The van der Waals surface area contributed by atoms with Crippen LogP contribution in [-0.2, 0) is 4.74 Å². The van der Waals surface area contributed by atoms with Crippen molar-refractivity contribution in [1.29, 1.82) is 0 Å². The number of aromatic nitrogens is 1. The predicted octanol–water partition coefficient (Wildman–Crippen LogP) is 5.22. The van der Waals surface area contributed by atoms with Crippen molar-refractivity contribution in [3.05, 3.63) is 35.5 Å². The molecule has 0 unspecified atom stereocenters. The number of carbonyl (C=O) groups is 2. The SMILES string of the molecule is Cc1nc(C(=O)Oc2ccc([C@H](C)NC(=O)OC(C)(C)C)c(OCC(F)F)c2OCC2CC2)co1. The Morgan fingerprint density at radius 1 is 1.20 bits per heavy atom. The lowest BCUT2D eigenvalue weighted by molar-refractivity contribution is 0.0504. The summed E-state index contributed by atoms with van der Waals surface area (Å²) >= 11 is 0. The highest BCUT2D eigenvalue weighted by atomic mass is 19.3. The minimum atomic E-state index is -2.77. The fourth-order valence-corrected chi connectivity index (χ4v) is 3.07. The number of carbonyl (C=O) groups excluding carboxylic acids is 2. The van der Waals surface area contributed by atoms with E-state index >= 15 is 0 Å². The maximum atomic E-state index is 13.1. The van der Waals surface area contributed by atoms with E-state index in [0.717, 1.165) is 19.1 Å². The summed E-state index contributed by atoms with van der Waals surface area (Å²) in [6, 6.07) is 2.25. The maximum absolute atomic E-state index is 13.1. The molecule has 1 aliphatic carbocycles. The van der Waals surface area contributed by atoms with Crippen molar-refractivity contribution in [2.24, 2.45) is 5.92 Å². The molecule has 0 saturated heterocycles. The molecule has 192 valence electrons. The van der Waals surface area contributed by atoms with E-state index in [4.69, 9.17) is 23.4 Å². The highest BCUT2D eigenvalue weighted by Crippen LogP contribution is 2.44. The summed E-state index contributed by atoms with van der Waals surface area (Å²) in [7, 11) is 0. The van der Waals surface area contributed by atoms with Gasteiger partial charge in [-0.2, -0.15) is 0 Å². The molecule has 35 heavy (non-hydrogen) atoms. The van der Waals surface area contributed by atoms with Gasteiger partial charge in [-0.3, -0.25) is 0 Å². The number of benzene rings is 1. The van der Waals surface area contributed by atoms with Crippen LogP contribution in [0, 0.1) is 12.8 Å². The fraction of sp³-hybridized carbons (Fsp3) is 0.542. The van der Waals surface area contributed by atoms with Crippen molar-refractivity contribution in [3.8, 4) is 17.2 Å². The van der Waals surface area contributed by atoms with Gasteiger partial charge >= 0.3 is 12.1 Å². The molecule has 11 heteroatoms. The van der Waals surface area contributed by atoms with Gasteiger partial charge in [-0.15, -0.1) is 0 Å². The van der Waals surface area contributed by atoms with Crippen LogP contribution in [0.5, 0.6) is 17.2 Å². The van der Waals surface area contributed by atoms with Gasteiger partial charge in [-0.25, -0.2) is 23.4 Å². The van der Waals surface area contributed by atoms with Crippen molar-refractivity contribution in [2.45, 2.75) is 65.5 Å². The van der Waals surface area contributed by atoms with Gasteiger partial charge in [0.05, 0.1) is 12.6 Å². The van der Waals surface area contributed by atoms with Gasteiger partial charge in [0.2, 0.25) is 5.75 Å². The molecule has 1 amide bonds. The molecule has 1 fully saturated rings. The zero-order valence-electron chi connectivity index (χ0n) is 20.4. The van der Waals surface area contributed by atoms with E-state index < -0.39 is 36.7 Å². The van der Waals surface area contributed by atoms with Crippen LogP contribution >= 0.6 is 0 Å². The zero-order valence-corrected chi connectivity index (χ0v) is 20.4. The third kappa shape index (κ3) is 7.83. The minimum absolute atomic E-state index is 0.0125. The number of nitrogens with one attached hydrogen (secondary N) is 1. The van der Waals surface area contributed by atoms with E-state index in [1.54, 1.807) is 34.6 Å². The summed E-state index contributed by atoms with van der Waals surface area (Å²) in [5.74, 6) is -0.335. The molecule has 9 nitrogen and oxygen atoms in total. The number of ether oxygens (including phenoxy) is 4. The second-order valence-corrected chi connectivity index (χ2v) is 9.28. The van der Waals surface area contributed by atoms with E-state index in [1.165, 1.54) is 12.1 Å². The van der Waals surface area contributed by atoms with Gasteiger partial charge in [0, 0.05) is 12.5 Å². The van der Waals surface area contributed by atoms with E-state index in [2.05, 4.69) is 10.3 Å². The van der Waals surface area contributed by atoms with Gasteiger partial charge in [0.15, 0.2) is 23.1 Å². The molecule has 1 aromatic carbocycles. The third-order valence-corrected chi connectivity index (χ3v) is 4.85. The number of halogens is 2. The molecule has 1 atom stereocenters. The second-order valence-electron chi connectivity index (χ2n) is 9.28. The molecule has 0 radical (unpaired) electrons. The van der Waals surface area contributed by atoms with Crippen molar-refractivity contribution in [1.82, 2.24) is 10.3 Å². The van der Waals surface area contributed by atoms with Gasteiger partial charge in [-0.1, -0.05) is 0 Å². The van der Waals surface area contributed by atoms with Gasteiger partial charge in [0.25, 0.3) is 6.43 Å². The van der Waals surface area contributed by atoms with Crippen LogP contribution in [0.25, 0.3) is 0 Å². The molecule has 0 spiro atoms. The Kier molecular flexibility index (Phi) is 8.18. The average molecular weight is 497 g/mol. The third-order valence-electron chi connectivity index (χ3n) is 4.85. The van der Waals surface area contributed by atoms with Crippen LogP contribution < -0.4 is 19.5 Å². The quantitative estimate of drug-likeness (QED) is 0.352. The molecule has 1 N–H and O–H groups in total.